The standard InChI is InChI=1S/3K.N.W/q;;+1;-1;. The second-order valence-electron chi connectivity index (χ2n) is 0. The Kier molecular flexibility index (Phi) is 102. The summed E-state index contributed by atoms with van der Waals surface area (Å²) in [5.41, 5.74) is 0. The maximum absolute atomic E-state index is 7.08. The Bertz CT molecular complexity index is 6.85. The molecule has 0 aromatic carbocycles. The van der Waals surface area contributed by atoms with Gasteiger partial charge in [-0.3, -0.25) is 0 Å². The predicted octanol–water partition coefficient (Wildman–Crippen LogP) is -3.47. The first kappa shape index (κ1) is 22.4. The van der Waals surface area contributed by atoms with Gasteiger partial charge in [0.1, 0.15) is 0 Å². The Labute approximate surface area is 171 Å². The third-order valence-electron chi connectivity index (χ3n) is 0. The van der Waals surface area contributed by atoms with Gasteiger partial charge in [-0.25, -0.2) is 0 Å². The zero-order valence-electron chi connectivity index (χ0n) is 3.86. The number of hydrogen-bond acceptors (Lipinski definition) is 0. The van der Waals surface area contributed by atoms with Gasteiger partial charge in [-0.1, -0.05) is 0 Å². The van der Waals surface area contributed by atoms with E-state index in [0.29, 0.717) is 19.6 Å². The molecule has 0 fully saturated rings. The molecule has 5 heavy (non-hydrogen) atoms. The van der Waals surface area contributed by atoms with Gasteiger partial charge in [0, 0.05) is 103 Å². The molecule has 0 rings (SSSR count). The molecular weight excluding hydrogens is 315 g/mol. The van der Waals surface area contributed by atoms with Gasteiger partial charge in [0.05, 0.1) is 0 Å². The van der Waals surface area contributed by atoms with Crippen LogP contribution in [0.2, 0.25) is 0 Å². The Morgan fingerprint density at radius 1 is 1.00 bits per heavy atom. The maximum atomic E-state index is 7.08. The molecule has 0 atom stereocenters. The van der Waals surface area contributed by atoms with E-state index in [-0.39, 0.29) is 154 Å². The quantitative estimate of drug-likeness (QED) is 0.415. The molecule has 0 amide bonds. The molecule has 0 aromatic rings. The zero-order valence-corrected chi connectivity index (χ0v) is 16.2. The van der Waals surface area contributed by atoms with E-state index in [4.69, 9.17) is 3.91 Å². The van der Waals surface area contributed by atoms with E-state index in [9.17, 15) is 0 Å². The molecule has 1 nitrogen and oxygen atoms in total. The Hall–Kier alpha value is 5.40. The fourth-order valence-electron chi connectivity index (χ4n) is 0. The molecular formula is K3NW. The molecule has 0 heterocycles. The summed E-state index contributed by atoms with van der Waals surface area (Å²) in [5, 5.41) is 0. The molecule has 0 aliphatic carbocycles. The molecule has 0 N–H and O–H groups in total. The third kappa shape index (κ3) is 17.7. The normalized spacial score (nSPS) is 0.800. The Morgan fingerprint density at radius 3 is 1.00 bits per heavy atom. The van der Waals surface area contributed by atoms with Crippen molar-refractivity contribution in [2.75, 3.05) is 0 Å². The van der Waals surface area contributed by atoms with E-state index in [2.05, 4.69) is 0 Å². The van der Waals surface area contributed by atoms with Crippen LogP contribution in [0, 0.1) is 0 Å². The molecule has 0 bridgehead atoms. The van der Waals surface area contributed by atoms with Crippen LogP contribution in [0.4, 0.5) is 0 Å². The molecule has 0 saturated heterocycles. The SMILES string of the molecule is [K+].[K].[K].[N-]=[W]. The summed E-state index contributed by atoms with van der Waals surface area (Å²) in [6.45, 7) is 0. The second-order valence-corrected chi connectivity index (χ2v) is 0. The fourth-order valence-corrected chi connectivity index (χ4v) is 0. The van der Waals surface area contributed by atoms with Crippen LogP contribution in [-0.2, 0) is 19.6 Å². The molecule has 0 unspecified atom stereocenters. The van der Waals surface area contributed by atoms with E-state index in [0.717, 1.165) is 0 Å². The van der Waals surface area contributed by atoms with Gasteiger partial charge in [-0.2, -0.15) is 0 Å². The number of rotatable bonds is 0. The molecule has 0 aromatic heterocycles. The van der Waals surface area contributed by atoms with Crippen LogP contribution in [0.25, 0.3) is 3.91 Å². The zero-order chi connectivity index (χ0) is 2.00. The predicted molar refractivity (Wildman–Crippen MR) is 14.9 cm³/mol. The molecule has 0 aliphatic heterocycles. The summed E-state index contributed by atoms with van der Waals surface area (Å²) in [5.74, 6) is 0. The van der Waals surface area contributed by atoms with Gasteiger partial charge in [-0.05, 0) is 0 Å². The average Bonchev–Trinajstić information content (AvgIpc) is 1.00. The second kappa shape index (κ2) is 22.7. The van der Waals surface area contributed by atoms with Crippen molar-refractivity contribution < 1.29 is 71.0 Å². The minimum atomic E-state index is 0. The molecule has 14 valence electrons. The van der Waals surface area contributed by atoms with Gasteiger partial charge in [0.2, 0.25) is 0 Å². The summed E-state index contributed by atoms with van der Waals surface area (Å²) in [6.07, 6.45) is 0. The van der Waals surface area contributed by atoms with E-state index in [1.54, 1.807) is 0 Å². The summed E-state index contributed by atoms with van der Waals surface area (Å²) < 4.78 is 7.08. The molecule has 0 saturated carbocycles. The van der Waals surface area contributed by atoms with Crippen molar-refractivity contribution in [3.63, 3.8) is 0 Å². The van der Waals surface area contributed by atoms with Crippen molar-refractivity contribution in [3.8, 4) is 0 Å². The van der Waals surface area contributed by atoms with E-state index >= 15 is 0 Å². The summed E-state index contributed by atoms with van der Waals surface area (Å²) in [4.78, 5) is 0. The first-order valence-electron chi connectivity index (χ1n) is 0.183. The van der Waals surface area contributed by atoms with E-state index < -0.39 is 0 Å². The molecule has 2 radical (unpaired) electrons. The number of hydrogen-bond donors (Lipinski definition) is 0. The van der Waals surface area contributed by atoms with Crippen LogP contribution in [0.3, 0.4) is 0 Å². The summed E-state index contributed by atoms with van der Waals surface area (Å²) >= 11 is 0.583. The minimum absolute atomic E-state index is 0. The van der Waals surface area contributed by atoms with Gasteiger partial charge in [-0.15, -0.1) is 0 Å². The van der Waals surface area contributed by atoms with E-state index in [1.165, 1.54) is 0 Å². The van der Waals surface area contributed by atoms with Gasteiger partial charge in [0.15, 0.2) is 0 Å². The van der Waals surface area contributed by atoms with Crippen LogP contribution in [0.5, 0.6) is 0 Å². The van der Waals surface area contributed by atoms with Crippen LogP contribution in [-0.4, -0.2) is 103 Å². The first-order valence-corrected chi connectivity index (χ1v) is 1.49. The molecule has 0 spiro atoms. The molecule has 5 heteroatoms. The fraction of sp³-hybridized carbons (Fsp3) is 0. The van der Waals surface area contributed by atoms with Crippen molar-refractivity contribution in [1.82, 2.24) is 0 Å². The van der Waals surface area contributed by atoms with Crippen molar-refractivity contribution >= 4 is 103 Å². The average molecular weight is 315 g/mol. The van der Waals surface area contributed by atoms with E-state index in [1.807, 2.05) is 0 Å². The van der Waals surface area contributed by atoms with Crippen molar-refractivity contribution in [3.05, 3.63) is 3.91 Å². The monoisotopic (exact) mass is 315 g/mol. The van der Waals surface area contributed by atoms with Crippen molar-refractivity contribution in [2.45, 2.75) is 0 Å². The Balaban J connectivity index is -0.00000000167. The summed E-state index contributed by atoms with van der Waals surface area (Å²) in [6, 6.07) is 0. The van der Waals surface area contributed by atoms with Crippen LogP contribution < -0.4 is 51.4 Å². The van der Waals surface area contributed by atoms with Gasteiger partial charge >= 0.3 is 74.9 Å². The summed E-state index contributed by atoms with van der Waals surface area (Å²) in [7, 11) is 0. The molecule has 0 aliphatic rings. The first-order chi connectivity index (χ1) is 1.00. The van der Waals surface area contributed by atoms with Crippen LogP contribution >= 0.6 is 0 Å². The van der Waals surface area contributed by atoms with Crippen molar-refractivity contribution in [2.24, 2.45) is 0 Å². The van der Waals surface area contributed by atoms with Crippen LogP contribution in [0.1, 0.15) is 0 Å². The van der Waals surface area contributed by atoms with Gasteiger partial charge in [0.25, 0.3) is 0 Å². The Morgan fingerprint density at radius 2 is 1.00 bits per heavy atom. The third-order valence-corrected chi connectivity index (χ3v) is 0. The van der Waals surface area contributed by atoms with Crippen LogP contribution in [0.15, 0.2) is 0 Å². The topological polar surface area (TPSA) is 22.3 Å². The van der Waals surface area contributed by atoms with Gasteiger partial charge < -0.3 is 0 Å². The number of nitrogens with zero attached hydrogens (tertiary/aromatic N) is 1. The van der Waals surface area contributed by atoms with Crippen molar-refractivity contribution in [1.29, 1.82) is 0 Å².